The molecular weight excluding hydrogens is 438 g/mol. The molecule has 0 aromatic carbocycles. The number of nitrogens with one attached hydrogen (secondary N) is 2. The first kappa shape index (κ1) is 21.7. The van der Waals surface area contributed by atoms with Crippen LogP contribution in [0.4, 0.5) is 0 Å². The highest BCUT2D eigenvalue weighted by Gasteiger charge is 2.47. The average Bonchev–Trinajstić information content (AvgIpc) is 2.62. The molecule has 0 bridgehead atoms. The van der Waals surface area contributed by atoms with Gasteiger partial charge in [-0.1, -0.05) is 36.6 Å². The summed E-state index contributed by atoms with van der Waals surface area (Å²) in [5.74, 6) is 0. The van der Waals surface area contributed by atoms with E-state index in [0.29, 0.717) is 49.0 Å². The van der Waals surface area contributed by atoms with Gasteiger partial charge in [-0.05, 0) is 23.6 Å². The van der Waals surface area contributed by atoms with E-state index in [-0.39, 0.29) is 0 Å². The Labute approximate surface area is 169 Å². The minimum atomic E-state index is -2.66. The molecule has 0 aromatic heterocycles. The largest absolute Gasteiger partial charge is 0.368 e. The Morgan fingerprint density at radius 3 is 1.44 bits per heavy atom. The van der Waals surface area contributed by atoms with E-state index in [4.69, 9.17) is 66.1 Å². The number of hydrogen-bond acceptors (Lipinski definition) is 8. The summed E-state index contributed by atoms with van der Waals surface area (Å²) in [6.07, 6.45) is 3.39. The Kier molecular flexibility index (Phi) is 7.86. The zero-order valence-corrected chi connectivity index (χ0v) is 18.5. The maximum Gasteiger partial charge on any atom is 0.246 e. The van der Waals surface area contributed by atoms with Crippen molar-refractivity contribution in [1.29, 1.82) is 0 Å². The summed E-state index contributed by atoms with van der Waals surface area (Å²) in [5.41, 5.74) is -0.452. The molecule has 0 atom stereocenters. The average molecular weight is 459 g/mol. The van der Waals surface area contributed by atoms with Crippen molar-refractivity contribution in [1.82, 2.24) is 10.6 Å². The molecule has 2 rings (SSSR count). The second-order valence-corrected chi connectivity index (χ2v) is 13.8. The van der Waals surface area contributed by atoms with E-state index in [1.807, 2.05) is 0 Å². The van der Waals surface area contributed by atoms with Crippen molar-refractivity contribution in [3.63, 3.8) is 0 Å². The van der Waals surface area contributed by atoms with Gasteiger partial charge in [0.05, 0.1) is 31.8 Å². The first-order valence-corrected chi connectivity index (χ1v) is 13.5. The molecular formula is C13H20N2O4P2S4. The van der Waals surface area contributed by atoms with Crippen molar-refractivity contribution in [2.75, 3.05) is 39.5 Å². The summed E-state index contributed by atoms with van der Waals surface area (Å²) in [7, 11) is 0. The zero-order valence-electron chi connectivity index (χ0n) is 13.5. The van der Waals surface area contributed by atoms with E-state index in [0.717, 1.165) is 0 Å². The predicted molar refractivity (Wildman–Crippen MR) is 116 cm³/mol. The van der Waals surface area contributed by atoms with Crippen LogP contribution in [0.5, 0.6) is 0 Å². The lowest BCUT2D eigenvalue weighted by Crippen LogP contribution is -2.47. The molecule has 0 aliphatic carbocycles. The van der Waals surface area contributed by atoms with Crippen LogP contribution in [0.3, 0.4) is 0 Å². The molecule has 0 aromatic rings. The van der Waals surface area contributed by atoms with Crippen LogP contribution in [0, 0.1) is 5.41 Å². The lowest BCUT2D eigenvalue weighted by atomic mass is 9.93. The number of thiocarbonyl (C=S) groups is 2. The van der Waals surface area contributed by atoms with Gasteiger partial charge in [-0.15, -0.1) is 13.2 Å². The molecule has 2 aliphatic rings. The molecule has 2 saturated heterocycles. The van der Waals surface area contributed by atoms with Crippen molar-refractivity contribution in [2.24, 2.45) is 5.41 Å². The number of rotatable bonds is 6. The van der Waals surface area contributed by atoms with Crippen molar-refractivity contribution in [3.8, 4) is 0 Å². The van der Waals surface area contributed by atoms with Crippen molar-refractivity contribution >= 4 is 70.5 Å². The van der Waals surface area contributed by atoms with Crippen molar-refractivity contribution < 1.29 is 18.1 Å². The van der Waals surface area contributed by atoms with Gasteiger partial charge in [0.25, 0.3) is 0 Å². The molecule has 2 heterocycles. The second kappa shape index (κ2) is 9.06. The number of hydrogen-bond donors (Lipinski definition) is 2. The van der Waals surface area contributed by atoms with Crippen LogP contribution < -0.4 is 10.6 Å². The summed E-state index contributed by atoms with van der Waals surface area (Å²) in [4.78, 5) is 0. The lowest BCUT2D eigenvalue weighted by molar-refractivity contribution is -0.0502. The van der Waals surface area contributed by atoms with Gasteiger partial charge in [-0.25, -0.2) is 0 Å². The molecule has 0 unspecified atom stereocenters. The smallest absolute Gasteiger partial charge is 0.246 e. The Balaban J connectivity index is 1.93. The molecule has 0 amide bonds. The SMILES string of the molecule is C=CCNC(=S)P1(=S)OCC2(CO1)COP(=S)(C(=S)NCC=C)OC2. The summed E-state index contributed by atoms with van der Waals surface area (Å²) < 4.78 is 24.2. The minimum Gasteiger partial charge on any atom is -0.368 e. The van der Waals surface area contributed by atoms with Crippen LogP contribution in [0.2, 0.25) is 0 Å². The fourth-order valence-corrected chi connectivity index (χ4v) is 6.74. The van der Waals surface area contributed by atoms with Crippen LogP contribution in [-0.2, 0) is 41.7 Å². The quantitative estimate of drug-likeness (QED) is 0.353. The Bertz CT molecular complexity index is 589. The van der Waals surface area contributed by atoms with Gasteiger partial charge >= 0.3 is 0 Å². The first-order valence-electron chi connectivity index (χ1n) is 7.36. The summed E-state index contributed by atoms with van der Waals surface area (Å²) >= 11 is 21.5. The van der Waals surface area contributed by atoms with Gasteiger partial charge < -0.3 is 28.7 Å². The van der Waals surface area contributed by atoms with Crippen LogP contribution in [0.25, 0.3) is 0 Å². The highest BCUT2D eigenvalue weighted by atomic mass is 32.5. The first-order chi connectivity index (χ1) is 11.8. The lowest BCUT2D eigenvalue weighted by Gasteiger charge is -2.45. The van der Waals surface area contributed by atoms with Gasteiger partial charge in [0.15, 0.2) is 9.46 Å². The maximum atomic E-state index is 5.83. The molecule has 2 fully saturated rings. The van der Waals surface area contributed by atoms with E-state index >= 15 is 0 Å². The fraction of sp³-hybridized carbons (Fsp3) is 0.538. The molecule has 140 valence electrons. The third-order valence-electron chi connectivity index (χ3n) is 3.46. The molecule has 0 radical (unpaired) electrons. The molecule has 2 N–H and O–H groups in total. The van der Waals surface area contributed by atoms with Gasteiger partial charge in [0, 0.05) is 13.1 Å². The van der Waals surface area contributed by atoms with Crippen LogP contribution in [-0.4, -0.2) is 49.0 Å². The summed E-state index contributed by atoms with van der Waals surface area (Å²) in [6.45, 7) is 4.30. The zero-order chi connectivity index (χ0) is 18.6. The highest BCUT2D eigenvalue weighted by Crippen LogP contribution is 2.60. The molecule has 2 aliphatic heterocycles. The standard InChI is InChI=1S/C13H20N2O4P2S4/c1-3-5-14-11(22)20(24)16-7-13(8-17-20)9-18-21(25,19-10-13)12(23)15-6-4-2/h3-4H,1-2,5-10H2,(H,14,22)(H,15,23). The highest BCUT2D eigenvalue weighted by molar-refractivity contribution is 8.24. The predicted octanol–water partition coefficient (Wildman–Crippen LogP) is 2.81. The van der Waals surface area contributed by atoms with E-state index in [1.54, 1.807) is 12.2 Å². The third-order valence-corrected chi connectivity index (χ3v) is 11.4. The summed E-state index contributed by atoms with van der Waals surface area (Å²) in [6, 6.07) is 0. The normalized spacial score (nSPS) is 34.9. The fourth-order valence-electron chi connectivity index (χ4n) is 1.96. The van der Waals surface area contributed by atoms with Gasteiger partial charge in [-0.2, -0.15) is 0 Å². The minimum absolute atomic E-state index is 0.336. The molecule has 25 heavy (non-hydrogen) atoms. The molecule has 6 nitrogen and oxygen atoms in total. The van der Waals surface area contributed by atoms with E-state index in [9.17, 15) is 0 Å². The van der Waals surface area contributed by atoms with Crippen LogP contribution in [0.15, 0.2) is 25.3 Å². The van der Waals surface area contributed by atoms with Crippen LogP contribution in [0.1, 0.15) is 0 Å². The summed E-state index contributed by atoms with van der Waals surface area (Å²) in [5, 5.41) is 5.97. The van der Waals surface area contributed by atoms with Gasteiger partial charge in [0.2, 0.25) is 13.0 Å². The van der Waals surface area contributed by atoms with Crippen LogP contribution >= 0.6 is 37.4 Å². The van der Waals surface area contributed by atoms with Gasteiger partial charge in [-0.3, -0.25) is 0 Å². The van der Waals surface area contributed by atoms with Crippen molar-refractivity contribution in [3.05, 3.63) is 25.3 Å². The monoisotopic (exact) mass is 458 g/mol. The Morgan fingerprint density at radius 1 is 0.840 bits per heavy atom. The molecule has 12 heteroatoms. The molecule has 0 saturated carbocycles. The topological polar surface area (TPSA) is 61.0 Å². The van der Waals surface area contributed by atoms with E-state index in [2.05, 4.69) is 23.8 Å². The third kappa shape index (κ3) is 5.23. The van der Waals surface area contributed by atoms with Gasteiger partial charge in [0.1, 0.15) is 0 Å². The maximum absolute atomic E-state index is 5.83. The van der Waals surface area contributed by atoms with E-state index < -0.39 is 18.4 Å². The van der Waals surface area contributed by atoms with E-state index in [1.165, 1.54) is 0 Å². The second-order valence-electron chi connectivity index (χ2n) is 5.54. The Hall–Kier alpha value is 0.400. The molecule has 1 spiro atoms. The van der Waals surface area contributed by atoms with Crippen molar-refractivity contribution in [2.45, 2.75) is 0 Å². The Morgan fingerprint density at radius 2 is 1.16 bits per heavy atom.